The third kappa shape index (κ3) is 4.52. The Morgan fingerprint density at radius 2 is 2.19 bits per heavy atom. The Kier molecular flexibility index (Phi) is 5.33. The van der Waals surface area contributed by atoms with E-state index in [9.17, 15) is 4.79 Å². The van der Waals surface area contributed by atoms with Gasteiger partial charge >= 0.3 is 0 Å². The summed E-state index contributed by atoms with van der Waals surface area (Å²) in [4.78, 5) is 21.4. The first-order valence-corrected chi connectivity index (χ1v) is 7.40. The molecule has 0 radical (unpaired) electrons. The highest BCUT2D eigenvalue weighted by Gasteiger charge is 2.07. The highest BCUT2D eigenvalue weighted by Crippen LogP contribution is 2.14. The highest BCUT2D eigenvalue weighted by molar-refractivity contribution is 6.31. The van der Waals surface area contributed by atoms with Gasteiger partial charge in [-0.25, -0.2) is 4.98 Å². The number of aromatic nitrogens is 2. The van der Waals surface area contributed by atoms with Crippen molar-refractivity contribution in [2.24, 2.45) is 0 Å². The van der Waals surface area contributed by atoms with Crippen LogP contribution in [0.1, 0.15) is 19.2 Å². The van der Waals surface area contributed by atoms with E-state index in [1.165, 1.54) is 0 Å². The summed E-state index contributed by atoms with van der Waals surface area (Å²) in [6.45, 7) is 3.68. The summed E-state index contributed by atoms with van der Waals surface area (Å²) >= 11 is 5.95. The van der Waals surface area contributed by atoms with E-state index in [4.69, 9.17) is 11.6 Å². The van der Waals surface area contributed by atoms with Crippen molar-refractivity contribution >= 4 is 22.5 Å². The molecular weight excluding hydrogens is 288 g/mol. The number of rotatable bonds is 6. The lowest BCUT2D eigenvalue weighted by Gasteiger charge is -2.16. The SMILES string of the molecule is CC(CCN(C)C)NCc1nc2cc(Cl)ccc2c(=O)[nH]1. The first kappa shape index (κ1) is 15.9. The van der Waals surface area contributed by atoms with Gasteiger partial charge in [0, 0.05) is 11.1 Å². The van der Waals surface area contributed by atoms with Crippen LogP contribution in [0.2, 0.25) is 5.02 Å². The summed E-state index contributed by atoms with van der Waals surface area (Å²) in [6.07, 6.45) is 1.04. The number of fused-ring (bicyclic) bond motifs is 1. The van der Waals surface area contributed by atoms with Gasteiger partial charge in [0.1, 0.15) is 5.82 Å². The molecule has 0 amide bonds. The molecule has 5 nitrogen and oxygen atoms in total. The van der Waals surface area contributed by atoms with E-state index in [1.54, 1.807) is 18.2 Å². The second-order valence-electron chi connectivity index (χ2n) is 5.55. The molecule has 2 N–H and O–H groups in total. The number of halogens is 1. The Labute approximate surface area is 129 Å². The number of benzene rings is 1. The number of nitrogens with one attached hydrogen (secondary N) is 2. The van der Waals surface area contributed by atoms with Gasteiger partial charge in [-0.3, -0.25) is 4.79 Å². The van der Waals surface area contributed by atoms with Gasteiger partial charge < -0.3 is 15.2 Å². The Bertz CT molecular complexity index is 668. The van der Waals surface area contributed by atoms with Gasteiger partial charge in [0.15, 0.2) is 0 Å². The molecule has 0 fully saturated rings. The lowest BCUT2D eigenvalue weighted by molar-refractivity contribution is 0.364. The summed E-state index contributed by atoms with van der Waals surface area (Å²) in [5.41, 5.74) is 0.499. The van der Waals surface area contributed by atoms with Gasteiger partial charge in [0.25, 0.3) is 5.56 Å². The minimum atomic E-state index is -0.130. The number of aromatic amines is 1. The van der Waals surface area contributed by atoms with Crippen LogP contribution >= 0.6 is 11.6 Å². The minimum absolute atomic E-state index is 0.130. The average molecular weight is 309 g/mol. The van der Waals surface area contributed by atoms with Crippen molar-refractivity contribution in [1.29, 1.82) is 0 Å². The van der Waals surface area contributed by atoms with Crippen LogP contribution in [0.5, 0.6) is 0 Å². The molecule has 0 aliphatic rings. The quantitative estimate of drug-likeness (QED) is 0.857. The maximum Gasteiger partial charge on any atom is 0.258 e. The van der Waals surface area contributed by atoms with Crippen molar-refractivity contribution < 1.29 is 0 Å². The van der Waals surface area contributed by atoms with E-state index in [0.29, 0.717) is 34.3 Å². The third-order valence-electron chi connectivity index (χ3n) is 3.34. The molecule has 1 unspecified atom stereocenters. The molecule has 1 heterocycles. The Morgan fingerprint density at radius 3 is 2.90 bits per heavy atom. The van der Waals surface area contributed by atoms with Crippen molar-refractivity contribution in [1.82, 2.24) is 20.2 Å². The topological polar surface area (TPSA) is 61.0 Å². The number of H-pyrrole nitrogens is 1. The predicted octanol–water partition coefficient (Wildman–Crippen LogP) is 2.01. The molecule has 21 heavy (non-hydrogen) atoms. The summed E-state index contributed by atoms with van der Waals surface area (Å²) in [5.74, 6) is 0.631. The zero-order chi connectivity index (χ0) is 15.4. The van der Waals surface area contributed by atoms with Crippen molar-refractivity contribution in [3.05, 3.63) is 39.4 Å². The molecule has 1 aromatic heterocycles. The van der Waals surface area contributed by atoms with Crippen molar-refractivity contribution in [3.8, 4) is 0 Å². The molecule has 114 valence electrons. The fraction of sp³-hybridized carbons (Fsp3) is 0.467. The molecular formula is C15H21ClN4O. The fourth-order valence-electron chi connectivity index (χ4n) is 2.07. The van der Waals surface area contributed by atoms with Gasteiger partial charge in [-0.1, -0.05) is 11.6 Å². The van der Waals surface area contributed by atoms with Gasteiger partial charge in [-0.05, 0) is 52.2 Å². The van der Waals surface area contributed by atoms with Crippen molar-refractivity contribution in [2.45, 2.75) is 25.9 Å². The standard InChI is InChI=1S/C15H21ClN4O/c1-10(6-7-20(2)3)17-9-14-18-13-8-11(16)4-5-12(13)15(21)19-14/h4-5,8,10,17H,6-7,9H2,1-3H3,(H,18,19,21). The van der Waals surface area contributed by atoms with Crippen LogP contribution in [0.25, 0.3) is 10.9 Å². The molecule has 1 aromatic carbocycles. The molecule has 0 spiro atoms. The summed E-state index contributed by atoms with van der Waals surface area (Å²) in [5, 5.41) is 4.51. The first-order valence-electron chi connectivity index (χ1n) is 7.02. The maximum atomic E-state index is 12.0. The molecule has 1 atom stereocenters. The Morgan fingerprint density at radius 1 is 1.43 bits per heavy atom. The fourth-order valence-corrected chi connectivity index (χ4v) is 2.24. The van der Waals surface area contributed by atoms with E-state index in [-0.39, 0.29) is 5.56 Å². The number of nitrogens with zero attached hydrogens (tertiary/aromatic N) is 2. The van der Waals surface area contributed by atoms with Crippen LogP contribution in [0.15, 0.2) is 23.0 Å². The molecule has 6 heteroatoms. The van der Waals surface area contributed by atoms with Gasteiger partial charge in [0.05, 0.1) is 17.4 Å². The second-order valence-corrected chi connectivity index (χ2v) is 5.98. The highest BCUT2D eigenvalue weighted by atomic mass is 35.5. The van der Waals surface area contributed by atoms with E-state index in [2.05, 4.69) is 41.2 Å². The second kappa shape index (κ2) is 7.02. The van der Waals surface area contributed by atoms with E-state index >= 15 is 0 Å². The van der Waals surface area contributed by atoms with E-state index in [1.807, 2.05) is 0 Å². The molecule has 0 aliphatic heterocycles. The van der Waals surface area contributed by atoms with Gasteiger partial charge in [0.2, 0.25) is 0 Å². The third-order valence-corrected chi connectivity index (χ3v) is 3.58. The largest absolute Gasteiger partial charge is 0.309 e. The van der Waals surface area contributed by atoms with Crippen LogP contribution in [0.4, 0.5) is 0 Å². The average Bonchev–Trinajstić information content (AvgIpc) is 2.42. The molecule has 2 rings (SSSR count). The summed E-state index contributed by atoms with van der Waals surface area (Å²) < 4.78 is 0. The normalized spacial score (nSPS) is 13.0. The Balaban J connectivity index is 2.07. The molecule has 0 bridgehead atoms. The van der Waals surface area contributed by atoms with Crippen LogP contribution < -0.4 is 10.9 Å². The van der Waals surface area contributed by atoms with E-state index < -0.39 is 0 Å². The first-order chi connectivity index (χ1) is 9.95. The van der Waals surface area contributed by atoms with Crippen LogP contribution in [0.3, 0.4) is 0 Å². The van der Waals surface area contributed by atoms with Gasteiger partial charge in [-0.2, -0.15) is 0 Å². The zero-order valence-corrected chi connectivity index (χ0v) is 13.4. The number of hydrogen-bond acceptors (Lipinski definition) is 4. The van der Waals surface area contributed by atoms with E-state index in [0.717, 1.165) is 13.0 Å². The maximum absolute atomic E-state index is 12.0. The van der Waals surface area contributed by atoms with Crippen LogP contribution in [-0.2, 0) is 6.54 Å². The molecule has 0 aliphatic carbocycles. The Hall–Kier alpha value is -1.43. The summed E-state index contributed by atoms with van der Waals surface area (Å²) in [6, 6.07) is 5.46. The zero-order valence-electron chi connectivity index (χ0n) is 12.6. The summed E-state index contributed by atoms with van der Waals surface area (Å²) in [7, 11) is 4.11. The van der Waals surface area contributed by atoms with Gasteiger partial charge in [-0.15, -0.1) is 0 Å². The molecule has 0 saturated carbocycles. The van der Waals surface area contributed by atoms with Crippen molar-refractivity contribution in [2.75, 3.05) is 20.6 Å². The predicted molar refractivity (Wildman–Crippen MR) is 86.8 cm³/mol. The molecule has 0 saturated heterocycles. The smallest absolute Gasteiger partial charge is 0.258 e. The van der Waals surface area contributed by atoms with Crippen molar-refractivity contribution in [3.63, 3.8) is 0 Å². The number of hydrogen-bond donors (Lipinski definition) is 2. The lowest BCUT2D eigenvalue weighted by atomic mass is 10.2. The lowest BCUT2D eigenvalue weighted by Crippen LogP contribution is -2.30. The minimum Gasteiger partial charge on any atom is -0.309 e. The van der Waals surface area contributed by atoms with Crippen LogP contribution in [-0.4, -0.2) is 41.5 Å². The monoisotopic (exact) mass is 308 g/mol. The molecule has 2 aromatic rings. The van der Waals surface area contributed by atoms with Crippen LogP contribution in [0, 0.1) is 0 Å².